The van der Waals surface area contributed by atoms with Crippen molar-refractivity contribution in [3.8, 4) is 0 Å². The summed E-state index contributed by atoms with van der Waals surface area (Å²) in [6.45, 7) is 7.26. The molecule has 0 aromatic carbocycles. The van der Waals surface area contributed by atoms with Gasteiger partial charge in [0, 0.05) is 53.6 Å². The van der Waals surface area contributed by atoms with E-state index < -0.39 is 0 Å². The Kier molecular flexibility index (Phi) is 12.6. The van der Waals surface area contributed by atoms with Crippen LogP contribution in [0.1, 0.15) is 26.2 Å². The first-order valence-electron chi connectivity index (χ1n) is 7.35. The van der Waals surface area contributed by atoms with Crippen LogP contribution in [0.25, 0.3) is 0 Å². The van der Waals surface area contributed by atoms with E-state index in [0.717, 1.165) is 64.7 Å². The zero-order valence-electron chi connectivity index (χ0n) is 13.1. The number of nitrogens with one attached hydrogen (secondary N) is 1. The molecule has 0 atom stereocenters. The summed E-state index contributed by atoms with van der Waals surface area (Å²) in [6.07, 6.45) is 3.26. The lowest BCUT2D eigenvalue weighted by Crippen LogP contribution is -2.36. The van der Waals surface area contributed by atoms with E-state index >= 15 is 0 Å². The molecule has 0 aromatic rings. The molecule has 1 N–H and O–H groups in total. The number of hydrogen-bond acceptors (Lipinski definition) is 3. The second-order valence-corrected chi connectivity index (χ2v) is 5.11. The smallest absolute Gasteiger partial charge is 0.193 e. The first kappa shape index (κ1) is 19.9. The zero-order chi connectivity index (χ0) is 13.9. The molecule has 6 heteroatoms. The summed E-state index contributed by atoms with van der Waals surface area (Å²) < 4.78 is 11.0. The van der Waals surface area contributed by atoms with E-state index in [2.05, 4.69) is 17.2 Å². The van der Waals surface area contributed by atoms with Crippen LogP contribution in [-0.2, 0) is 9.47 Å². The number of halogens is 1. The van der Waals surface area contributed by atoms with Crippen LogP contribution in [0.2, 0.25) is 0 Å². The van der Waals surface area contributed by atoms with Crippen molar-refractivity contribution in [1.29, 1.82) is 0 Å². The van der Waals surface area contributed by atoms with Crippen molar-refractivity contribution in [1.82, 2.24) is 10.2 Å². The Hall–Kier alpha value is -0.0800. The SMILES string of the molecule is CCNC(=NCCCOCC1CCOCC1)N(C)C.I. The Labute approximate surface area is 140 Å². The molecule has 0 unspecified atom stereocenters. The summed E-state index contributed by atoms with van der Waals surface area (Å²) >= 11 is 0. The molecule has 0 aliphatic carbocycles. The molecule has 0 aromatic heterocycles. The van der Waals surface area contributed by atoms with Crippen LogP contribution in [0.4, 0.5) is 0 Å². The molecule has 0 radical (unpaired) electrons. The van der Waals surface area contributed by atoms with Gasteiger partial charge in [0.05, 0.1) is 0 Å². The van der Waals surface area contributed by atoms with Gasteiger partial charge in [0.15, 0.2) is 5.96 Å². The molecule has 1 fully saturated rings. The topological polar surface area (TPSA) is 46.1 Å². The van der Waals surface area contributed by atoms with Crippen LogP contribution in [-0.4, -0.2) is 64.5 Å². The Morgan fingerprint density at radius 3 is 2.65 bits per heavy atom. The molecule has 0 amide bonds. The highest BCUT2D eigenvalue weighted by Gasteiger charge is 2.13. The number of ether oxygens (including phenoxy) is 2. The highest BCUT2D eigenvalue weighted by molar-refractivity contribution is 14.0. The molecule has 5 nitrogen and oxygen atoms in total. The molecule has 120 valence electrons. The average Bonchev–Trinajstić information content (AvgIpc) is 2.42. The largest absolute Gasteiger partial charge is 0.381 e. The van der Waals surface area contributed by atoms with Crippen molar-refractivity contribution in [2.45, 2.75) is 26.2 Å². The van der Waals surface area contributed by atoms with Crippen LogP contribution in [0, 0.1) is 5.92 Å². The number of aliphatic imine (C=N–C) groups is 1. The normalized spacial score (nSPS) is 16.6. The van der Waals surface area contributed by atoms with Gasteiger partial charge in [-0.3, -0.25) is 4.99 Å². The molecule has 20 heavy (non-hydrogen) atoms. The van der Waals surface area contributed by atoms with Crippen LogP contribution < -0.4 is 5.32 Å². The minimum Gasteiger partial charge on any atom is -0.381 e. The first-order chi connectivity index (χ1) is 9.24. The van der Waals surface area contributed by atoms with E-state index in [1.807, 2.05) is 19.0 Å². The lowest BCUT2D eigenvalue weighted by molar-refractivity contribution is 0.0205. The van der Waals surface area contributed by atoms with Gasteiger partial charge >= 0.3 is 0 Å². The summed E-state index contributed by atoms with van der Waals surface area (Å²) in [4.78, 5) is 6.54. The molecular weight excluding hydrogens is 369 g/mol. The minimum atomic E-state index is 0. The predicted molar refractivity (Wildman–Crippen MR) is 94.1 cm³/mol. The summed E-state index contributed by atoms with van der Waals surface area (Å²) in [5.74, 6) is 1.64. The molecule has 0 saturated carbocycles. The maximum atomic E-state index is 5.72. The quantitative estimate of drug-likeness (QED) is 0.308. The van der Waals surface area contributed by atoms with E-state index in [1.54, 1.807) is 0 Å². The third-order valence-corrected chi connectivity index (χ3v) is 3.16. The maximum Gasteiger partial charge on any atom is 0.193 e. The fourth-order valence-corrected chi connectivity index (χ4v) is 2.03. The number of hydrogen-bond donors (Lipinski definition) is 1. The highest BCUT2D eigenvalue weighted by atomic mass is 127. The number of rotatable bonds is 7. The van der Waals surface area contributed by atoms with Gasteiger partial charge in [0.25, 0.3) is 0 Å². The number of guanidine groups is 1. The molecule has 0 bridgehead atoms. The second kappa shape index (κ2) is 12.6. The molecule has 1 rings (SSSR count). The van der Waals surface area contributed by atoms with Gasteiger partial charge in [-0.1, -0.05) is 0 Å². The van der Waals surface area contributed by atoms with E-state index in [4.69, 9.17) is 9.47 Å². The maximum absolute atomic E-state index is 5.72. The summed E-state index contributed by atoms with van der Waals surface area (Å²) in [5, 5.41) is 3.25. The van der Waals surface area contributed by atoms with Gasteiger partial charge < -0.3 is 19.7 Å². The summed E-state index contributed by atoms with van der Waals surface area (Å²) in [6, 6.07) is 0. The van der Waals surface area contributed by atoms with Gasteiger partial charge in [-0.15, -0.1) is 24.0 Å². The van der Waals surface area contributed by atoms with Crippen LogP contribution >= 0.6 is 24.0 Å². The Morgan fingerprint density at radius 2 is 2.05 bits per heavy atom. The van der Waals surface area contributed by atoms with Gasteiger partial charge in [-0.25, -0.2) is 0 Å². The zero-order valence-corrected chi connectivity index (χ0v) is 15.4. The Bertz CT molecular complexity index is 257. The average molecular weight is 399 g/mol. The Morgan fingerprint density at radius 1 is 1.35 bits per heavy atom. The van der Waals surface area contributed by atoms with Crippen molar-refractivity contribution < 1.29 is 9.47 Å². The lowest BCUT2D eigenvalue weighted by Gasteiger charge is -2.21. The van der Waals surface area contributed by atoms with Gasteiger partial charge in [-0.2, -0.15) is 0 Å². The Balaban J connectivity index is 0.00000361. The molecule has 1 heterocycles. The van der Waals surface area contributed by atoms with Crippen molar-refractivity contribution in [3.63, 3.8) is 0 Å². The standard InChI is InChI=1S/C14H29N3O2.HI/c1-4-15-14(17(2)3)16-8-5-9-19-12-13-6-10-18-11-7-13;/h13H,4-12H2,1-3H3,(H,15,16);1H. The lowest BCUT2D eigenvalue weighted by atomic mass is 10.0. The van der Waals surface area contributed by atoms with Crippen LogP contribution in [0.3, 0.4) is 0 Å². The van der Waals surface area contributed by atoms with Crippen molar-refractivity contribution in [2.24, 2.45) is 10.9 Å². The molecule has 1 aliphatic heterocycles. The second-order valence-electron chi connectivity index (χ2n) is 5.11. The van der Waals surface area contributed by atoms with Crippen molar-refractivity contribution in [3.05, 3.63) is 0 Å². The number of nitrogens with zero attached hydrogens (tertiary/aromatic N) is 2. The van der Waals surface area contributed by atoms with Gasteiger partial charge in [-0.05, 0) is 32.1 Å². The third kappa shape index (κ3) is 8.97. The van der Waals surface area contributed by atoms with E-state index in [1.165, 1.54) is 0 Å². The van der Waals surface area contributed by atoms with E-state index in [-0.39, 0.29) is 24.0 Å². The van der Waals surface area contributed by atoms with Gasteiger partial charge in [0.1, 0.15) is 0 Å². The molecular formula is C14H30IN3O2. The fourth-order valence-electron chi connectivity index (χ4n) is 2.03. The summed E-state index contributed by atoms with van der Waals surface area (Å²) in [5.41, 5.74) is 0. The van der Waals surface area contributed by atoms with Crippen LogP contribution in [0.5, 0.6) is 0 Å². The fraction of sp³-hybridized carbons (Fsp3) is 0.929. The third-order valence-electron chi connectivity index (χ3n) is 3.16. The van der Waals surface area contributed by atoms with Crippen molar-refractivity contribution in [2.75, 3.05) is 53.6 Å². The monoisotopic (exact) mass is 399 g/mol. The molecule has 1 saturated heterocycles. The highest BCUT2D eigenvalue weighted by Crippen LogP contribution is 2.14. The molecule has 1 aliphatic rings. The predicted octanol–water partition coefficient (Wildman–Crippen LogP) is 1.96. The van der Waals surface area contributed by atoms with Crippen molar-refractivity contribution >= 4 is 29.9 Å². The first-order valence-corrected chi connectivity index (χ1v) is 7.35. The summed E-state index contributed by atoms with van der Waals surface area (Å²) in [7, 11) is 4.01. The molecule has 0 spiro atoms. The minimum absolute atomic E-state index is 0. The van der Waals surface area contributed by atoms with E-state index in [9.17, 15) is 0 Å². The van der Waals surface area contributed by atoms with Gasteiger partial charge in [0.2, 0.25) is 0 Å². The van der Waals surface area contributed by atoms with Crippen LogP contribution in [0.15, 0.2) is 4.99 Å². The van der Waals surface area contributed by atoms with E-state index in [0.29, 0.717) is 5.92 Å².